The molecule has 1 rings (SSSR count). The fourth-order valence-electron chi connectivity index (χ4n) is 0.870. The molecule has 1 nitrogen and oxygen atoms in total. The first-order valence-corrected chi connectivity index (χ1v) is 4.58. The van der Waals surface area contributed by atoms with Gasteiger partial charge in [0.15, 0.2) is 0 Å². The zero-order valence-corrected chi connectivity index (χ0v) is 6.17. The largest absolute Gasteiger partial charge is 0.300 e. The van der Waals surface area contributed by atoms with Gasteiger partial charge in [-0.1, -0.05) is 10.8 Å². The molecule has 0 radical (unpaired) electrons. The lowest BCUT2D eigenvalue weighted by atomic mass is 10.4. The molecule has 1 unspecified atom stereocenters. The molecule has 0 aromatic heterocycles. The van der Waals surface area contributed by atoms with Gasteiger partial charge in [-0.25, -0.2) is 0 Å². The number of ketones is 1. The van der Waals surface area contributed by atoms with Crippen molar-refractivity contribution >= 4 is 28.2 Å². The fourth-order valence-corrected chi connectivity index (χ4v) is 1.89. The Bertz CT molecular complexity index is 103. The molecule has 0 amide bonds. The zero-order chi connectivity index (χ0) is 5.98. The standard InChI is InChI=1S/C5H8OS2/c6-4-1-2-5(3-4)8-7/h5,7H,1-3H2. The van der Waals surface area contributed by atoms with Crippen molar-refractivity contribution in [3.63, 3.8) is 0 Å². The maximum atomic E-state index is 10.6. The van der Waals surface area contributed by atoms with E-state index in [1.54, 1.807) is 0 Å². The molecular formula is C5H8OS2. The summed E-state index contributed by atoms with van der Waals surface area (Å²) in [5.74, 6) is 0.400. The normalized spacial score (nSPS) is 29.1. The smallest absolute Gasteiger partial charge is 0.134 e. The Labute approximate surface area is 58.0 Å². The molecule has 0 spiro atoms. The summed E-state index contributed by atoms with van der Waals surface area (Å²) < 4.78 is 0. The van der Waals surface area contributed by atoms with Crippen molar-refractivity contribution in [2.75, 3.05) is 0 Å². The van der Waals surface area contributed by atoms with Crippen molar-refractivity contribution < 1.29 is 4.79 Å². The number of carbonyl (C=O) groups is 1. The maximum Gasteiger partial charge on any atom is 0.134 e. The zero-order valence-electron chi connectivity index (χ0n) is 4.46. The molecule has 1 saturated carbocycles. The highest BCUT2D eigenvalue weighted by Gasteiger charge is 2.20. The van der Waals surface area contributed by atoms with Gasteiger partial charge in [0.2, 0.25) is 0 Å². The lowest BCUT2D eigenvalue weighted by Gasteiger charge is -1.97. The quantitative estimate of drug-likeness (QED) is 0.450. The minimum absolute atomic E-state index is 0.400. The van der Waals surface area contributed by atoms with Crippen LogP contribution in [0.15, 0.2) is 0 Å². The van der Waals surface area contributed by atoms with Crippen LogP contribution in [-0.4, -0.2) is 11.0 Å². The van der Waals surface area contributed by atoms with Gasteiger partial charge < -0.3 is 0 Å². The number of carbonyl (C=O) groups excluding carboxylic acids is 1. The van der Waals surface area contributed by atoms with Crippen LogP contribution in [0.1, 0.15) is 19.3 Å². The predicted molar refractivity (Wildman–Crippen MR) is 39.2 cm³/mol. The third kappa shape index (κ3) is 1.42. The van der Waals surface area contributed by atoms with E-state index in [0.717, 1.165) is 19.3 Å². The second-order valence-electron chi connectivity index (χ2n) is 2.01. The van der Waals surface area contributed by atoms with E-state index in [1.807, 2.05) is 0 Å². The molecule has 3 heteroatoms. The summed E-state index contributed by atoms with van der Waals surface area (Å²) in [5.41, 5.74) is 0. The summed E-state index contributed by atoms with van der Waals surface area (Å²) in [5, 5.41) is 0.505. The van der Waals surface area contributed by atoms with Crippen LogP contribution >= 0.6 is 22.5 Å². The molecule has 0 bridgehead atoms. The highest BCUT2D eigenvalue weighted by molar-refractivity contribution is 8.68. The van der Waals surface area contributed by atoms with Crippen LogP contribution in [0.2, 0.25) is 0 Å². The maximum absolute atomic E-state index is 10.6. The predicted octanol–water partition coefficient (Wildman–Crippen LogP) is 1.69. The first kappa shape index (κ1) is 6.49. The summed E-state index contributed by atoms with van der Waals surface area (Å²) in [4.78, 5) is 10.6. The minimum atomic E-state index is 0.400. The van der Waals surface area contributed by atoms with Gasteiger partial charge in [-0.2, -0.15) is 0 Å². The Balaban J connectivity index is 2.32. The topological polar surface area (TPSA) is 17.1 Å². The van der Waals surface area contributed by atoms with Gasteiger partial charge in [-0.15, -0.1) is 11.7 Å². The highest BCUT2D eigenvalue weighted by Crippen LogP contribution is 2.28. The van der Waals surface area contributed by atoms with E-state index in [1.165, 1.54) is 10.8 Å². The average Bonchev–Trinajstić information content (AvgIpc) is 2.14. The second-order valence-corrected chi connectivity index (χ2v) is 3.52. The van der Waals surface area contributed by atoms with Crippen molar-refractivity contribution in [2.45, 2.75) is 24.5 Å². The Morgan fingerprint density at radius 2 is 2.50 bits per heavy atom. The molecule has 8 heavy (non-hydrogen) atoms. The van der Waals surface area contributed by atoms with E-state index in [-0.39, 0.29) is 0 Å². The molecule has 1 fully saturated rings. The van der Waals surface area contributed by atoms with Gasteiger partial charge in [0.1, 0.15) is 5.78 Å². The molecule has 0 aromatic rings. The third-order valence-electron chi connectivity index (χ3n) is 1.35. The van der Waals surface area contributed by atoms with Crippen LogP contribution in [0, 0.1) is 0 Å². The SMILES string of the molecule is O=C1CCC(SS)C1. The Kier molecular flexibility index (Phi) is 2.26. The van der Waals surface area contributed by atoms with Crippen LogP contribution < -0.4 is 0 Å². The monoisotopic (exact) mass is 148 g/mol. The summed E-state index contributed by atoms with van der Waals surface area (Å²) in [6, 6.07) is 0. The molecular weight excluding hydrogens is 140 g/mol. The van der Waals surface area contributed by atoms with Crippen molar-refractivity contribution in [2.24, 2.45) is 0 Å². The van der Waals surface area contributed by atoms with E-state index in [0.29, 0.717) is 11.0 Å². The molecule has 1 aliphatic rings. The number of rotatable bonds is 1. The fraction of sp³-hybridized carbons (Fsp3) is 0.800. The summed E-state index contributed by atoms with van der Waals surface area (Å²) in [7, 11) is 1.51. The molecule has 1 aliphatic carbocycles. The van der Waals surface area contributed by atoms with E-state index < -0.39 is 0 Å². The first-order chi connectivity index (χ1) is 3.83. The number of hydrogen-bond donors (Lipinski definition) is 1. The van der Waals surface area contributed by atoms with E-state index >= 15 is 0 Å². The van der Waals surface area contributed by atoms with Crippen molar-refractivity contribution in [1.82, 2.24) is 0 Å². The Hall–Kier alpha value is 0.370. The van der Waals surface area contributed by atoms with Crippen LogP contribution in [0.4, 0.5) is 0 Å². The van der Waals surface area contributed by atoms with Crippen LogP contribution in [-0.2, 0) is 4.79 Å². The lowest BCUT2D eigenvalue weighted by Crippen LogP contribution is -1.92. The first-order valence-electron chi connectivity index (χ1n) is 2.65. The summed E-state index contributed by atoms with van der Waals surface area (Å²) >= 11 is 4.02. The molecule has 0 aromatic carbocycles. The van der Waals surface area contributed by atoms with Gasteiger partial charge in [0.25, 0.3) is 0 Å². The summed E-state index contributed by atoms with van der Waals surface area (Å²) in [6.45, 7) is 0. The van der Waals surface area contributed by atoms with Gasteiger partial charge in [0.05, 0.1) is 0 Å². The number of thiol groups is 1. The van der Waals surface area contributed by atoms with Gasteiger partial charge in [-0.05, 0) is 6.42 Å². The van der Waals surface area contributed by atoms with E-state index in [2.05, 4.69) is 11.7 Å². The van der Waals surface area contributed by atoms with Gasteiger partial charge in [0, 0.05) is 18.1 Å². The molecule has 0 N–H and O–H groups in total. The molecule has 1 atom stereocenters. The Morgan fingerprint density at radius 1 is 1.75 bits per heavy atom. The third-order valence-corrected chi connectivity index (χ3v) is 2.94. The minimum Gasteiger partial charge on any atom is -0.300 e. The number of Topliss-reactive ketones (excluding diaryl/α,β-unsaturated/α-hetero) is 1. The van der Waals surface area contributed by atoms with Crippen LogP contribution in [0.5, 0.6) is 0 Å². The van der Waals surface area contributed by atoms with Crippen molar-refractivity contribution in [1.29, 1.82) is 0 Å². The molecule has 0 aliphatic heterocycles. The second kappa shape index (κ2) is 2.78. The molecule has 46 valence electrons. The van der Waals surface area contributed by atoms with Crippen molar-refractivity contribution in [3.05, 3.63) is 0 Å². The highest BCUT2D eigenvalue weighted by atomic mass is 33.1. The Morgan fingerprint density at radius 3 is 2.75 bits per heavy atom. The van der Waals surface area contributed by atoms with E-state index in [9.17, 15) is 4.79 Å². The van der Waals surface area contributed by atoms with Crippen molar-refractivity contribution in [3.8, 4) is 0 Å². The van der Waals surface area contributed by atoms with Crippen LogP contribution in [0.25, 0.3) is 0 Å². The average molecular weight is 148 g/mol. The molecule has 0 heterocycles. The number of hydrogen-bond acceptors (Lipinski definition) is 3. The summed E-state index contributed by atoms with van der Waals surface area (Å²) in [6.07, 6.45) is 2.55. The van der Waals surface area contributed by atoms with Gasteiger partial charge in [-0.3, -0.25) is 4.79 Å². The van der Waals surface area contributed by atoms with E-state index in [4.69, 9.17) is 0 Å². The lowest BCUT2D eigenvalue weighted by molar-refractivity contribution is -0.117. The van der Waals surface area contributed by atoms with Crippen LogP contribution in [0.3, 0.4) is 0 Å². The molecule has 0 saturated heterocycles. The van der Waals surface area contributed by atoms with Gasteiger partial charge >= 0.3 is 0 Å².